The second-order valence-electron chi connectivity index (χ2n) is 6.01. The Kier molecular flexibility index (Phi) is 5.79. The molecule has 2 aromatic carbocycles. The first-order valence-corrected chi connectivity index (χ1v) is 8.51. The molecule has 9 nitrogen and oxygen atoms in total. The minimum Gasteiger partial charge on any atom is -0.478 e. The number of carboxylic acid groups (broad SMARTS) is 1. The number of nitro groups is 1. The monoisotopic (exact) mass is 392 g/mol. The van der Waals surface area contributed by atoms with Crippen molar-refractivity contribution in [3.8, 4) is 5.69 Å². The fourth-order valence-electron chi connectivity index (χ4n) is 2.72. The van der Waals surface area contributed by atoms with Gasteiger partial charge in [0.25, 0.3) is 5.69 Å². The van der Waals surface area contributed by atoms with E-state index in [9.17, 15) is 19.7 Å². The second kappa shape index (κ2) is 8.61. The van der Waals surface area contributed by atoms with Crippen LogP contribution < -0.4 is 5.43 Å². The van der Waals surface area contributed by atoms with Crippen LogP contribution in [-0.2, 0) is 11.2 Å². The summed E-state index contributed by atoms with van der Waals surface area (Å²) in [6.45, 7) is 0. The number of para-hydroxylation sites is 1. The van der Waals surface area contributed by atoms with E-state index in [4.69, 9.17) is 5.11 Å². The van der Waals surface area contributed by atoms with E-state index in [0.717, 1.165) is 5.69 Å². The standard InChI is InChI=1S/C20H16N4O5/c25-19(12-15-4-1-2-6-18(15)24(28)29)22-21-13-17-5-3-11-23(17)16-9-7-14(8-10-16)20(26)27/h1-11,13H,12H2,(H,22,25)(H,26,27). The Balaban J connectivity index is 1.67. The maximum atomic E-state index is 12.1. The van der Waals surface area contributed by atoms with Gasteiger partial charge in [0.05, 0.1) is 28.8 Å². The molecule has 0 atom stereocenters. The Morgan fingerprint density at radius 1 is 1.10 bits per heavy atom. The molecule has 0 radical (unpaired) electrons. The van der Waals surface area contributed by atoms with Gasteiger partial charge in [-0.15, -0.1) is 0 Å². The topological polar surface area (TPSA) is 127 Å². The minimum absolute atomic E-state index is 0.120. The number of aromatic nitrogens is 1. The molecule has 0 saturated heterocycles. The maximum Gasteiger partial charge on any atom is 0.335 e. The largest absolute Gasteiger partial charge is 0.478 e. The molecular weight excluding hydrogens is 376 g/mol. The first-order chi connectivity index (χ1) is 14.0. The highest BCUT2D eigenvalue weighted by Gasteiger charge is 2.15. The van der Waals surface area contributed by atoms with Gasteiger partial charge in [0.2, 0.25) is 5.91 Å². The van der Waals surface area contributed by atoms with Crippen LogP contribution in [0.1, 0.15) is 21.6 Å². The maximum absolute atomic E-state index is 12.1. The molecule has 29 heavy (non-hydrogen) atoms. The van der Waals surface area contributed by atoms with Crippen molar-refractivity contribution in [1.29, 1.82) is 0 Å². The van der Waals surface area contributed by atoms with Gasteiger partial charge in [-0.25, -0.2) is 10.2 Å². The number of rotatable bonds is 7. The average molecular weight is 392 g/mol. The Hall–Kier alpha value is -4.27. The third-order valence-electron chi connectivity index (χ3n) is 4.10. The van der Waals surface area contributed by atoms with Crippen molar-refractivity contribution in [3.63, 3.8) is 0 Å². The third kappa shape index (κ3) is 4.72. The van der Waals surface area contributed by atoms with E-state index in [0.29, 0.717) is 11.3 Å². The predicted octanol–water partition coefficient (Wildman–Crippen LogP) is 2.78. The van der Waals surface area contributed by atoms with Gasteiger partial charge in [-0.3, -0.25) is 14.9 Å². The lowest BCUT2D eigenvalue weighted by Crippen LogP contribution is -2.20. The van der Waals surface area contributed by atoms with Crippen molar-refractivity contribution >= 4 is 23.8 Å². The van der Waals surface area contributed by atoms with Gasteiger partial charge in [-0.2, -0.15) is 5.10 Å². The van der Waals surface area contributed by atoms with E-state index in [1.54, 1.807) is 41.1 Å². The molecule has 0 aliphatic heterocycles. The number of benzene rings is 2. The molecule has 0 spiro atoms. The minimum atomic E-state index is -1.01. The number of hydrogen-bond acceptors (Lipinski definition) is 5. The van der Waals surface area contributed by atoms with Crippen molar-refractivity contribution in [2.45, 2.75) is 6.42 Å². The molecule has 0 aliphatic carbocycles. The van der Waals surface area contributed by atoms with E-state index < -0.39 is 16.8 Å². The highest BCUT2D eigenvalue weighted by Crippen LogP contribution is 2.18. The molecule has 1 amide bonds. The van der Waals surface area contributed by atoms with Crippen LogP contribution in [0.2, 0.25) is 0 Å². The van der Waals surface area contributed by atoms with Crippen LogP contribution >= 0.6 is 0 Å². The smallest absolute Gasteiger partial charge is 0.335 e. The number of carbonyl (C=O) groups excluding carboxylic acids is 1. The van der Waals surface area contributed by atoms with Crippen molar-refractivity contribution in [2.24, 2.45) is 5.10 Å². The molecule has 1 aromatic heterocycles. The second-order valence-corrected chi connectivity index (χ2v) is 6.01. The molecule has 3 rings (SSSR count). The zero-order valence-corrected chi connectivity index (χ0v) is 15.1. The number of hydrogen-bond donors (Lipinski definition) is 2. The van der Waals surface area contributed by atoms with Gasteiger partial charge in [0.1, 0.15) is 0 Å². The van der Waals surface area contributed by atoms with Crippen molar-refractivity contribution in [2.75, 3.05) is 0 Å². The number of aromatic carboxylic acids is 1. The van der Waals surface area contributed by atoms with E-state index in [1.165, 1.54) is 36.5 Å². The van der Waals surface area contributed by atoms with Gasteiger partial charge < -0.3 is 9.67 Å². The van der Waals surface area contributed by atoms with E-state index >= 15 is 0 Å². The predicted molar refractivity (Wildman–Crippen MR) is 105 cm³/mol. The van der Waals surface area contributed by atoms with Gasteiger partial charge in [-0.1, -0.05) is 18.2 Å². The number of carbonyl (C=O) groups is 2. The van der Waals surface area contributed by atoms with Gasteiger partial charge in [0.15, 0.2) is 0 Å². The first-order valence-electron chi connectivity index (χ1n) is 8.51. The molecule has 0 saturated carbocycles. The van der Waals surface area contributed by atoms with Crippen LogP contribution in [0.4, 0.5) is 5.69 Å². The molecule has 3 aromatic rings. The van der Waals surface area contributed by atoms with Crippen molar-refractivity contribution < 1.29 is 19.6 Å². The van der Waals surface area contributed by atoms with Crippen LogP contribution in [0.25, 0.3) is 5.69 Å². The number of hydrazone groups is 1. The van der Waals surface area contributed by atoms with Crippen molar-refractivity contribution in [3.05, 3.63) is 93.8 Å². The summed E-state index contributed by atoms with van der Waals surface area (Å²) in [5, 5.41) is 23.9. The number of nitro benzene ring substituents is 1. The SMILES string of the molecule is O=C(Cc1ccccc1[N+](=O)[O-])NN=Cc1cccn1-c1ccc(C(=O)O)cc1. The fraction of sp³-hybridized carbons (Fsp3) is 0.0500. The summed E-state index contributed by atoms with van der Waals surface area (Å²) < 4.78 is 1.77. The average Bonchev–Trinajstić information content (AvgIpc) is 3.17. The molecule has 0 bridgehead atoms. The van der Waals surface area contributed by atoms with E-state index in [2.05, 4.69) is 10.5 Å². The lowest BCUT2D eigenvalue weighted by molar-refractivity contribution is -0.385. The zero-order valence-electron chi connectivity index (χ0n) is 15.1. The summed E-state index contributed by atoms with van der Waals surface area (Å²) in [6.07, 6.45) is 3.03. The van der Waals surface area contributed by atoms with E-state index in [-0.39, 0.29) is 17.7 Å². The van der Waals surface area contributed by atoms with Crippen molar-refractivity contribution in [1.82, 2.24) is 9.99 Å². The third-order valence-corrected chi connectivity index (χ3v) is 4.10. The molecule has 0 unspecified atom stereocenters. The number of nitrogens with one attached hydrogen (secondary N) is 1. The quantitative estimate of drug-likeness (QED) is 0.363. The molecule has 9 heteroatoms. The van der Waals surface area contributed by atoms with Crippen LogP contribution in [0.5, 0.6) is 0 Å². The van der Waals surface area contributed by atoms with E-state index in [1.807, 2.05) is 0 Å². The zero-order chi connectivity index (χ0) is 20.8. The van der Waals surface area contributed by atoms with Gasteiger partial charge >= 0.3 is 5.97 Å². The summed E-state index contributed by atoms with van der Waals surface area (Å²) in [7, 11) is 0. The molecule has 146 valence electrons. The molecule has 0 aliphatic rings. The Morgan fingerprint density at radius 2 is 1.83 bits per heavy atom. The van der Waals surface area contributed by atoms with Gasteiger partial charge in [0, 0.05) is 23.5 Å². The van der Waals surface area contributed by atoms with Crippen LogP contribution in [0, 0.1) is 10.1 Å². The first kappa shape index (κ1) is 19.5. The van der Waals surface area contributed by atoms with Crippen LogP contribution in [0.3, 0.4) is 0 Å². The fourth-order valence-corrected chi connectivity index (χ4v) is 2.72. The Morgan fingerprint density at radius 3 is 2.52 bits per heavy atom. The molecule has 1 heterocycles. The highest BCUT2D eigenvalue weighted by molar-refractivity contribution is 5.88. The Bertz CT molecular complexity index is 1090. The summed E-state index contributed by atoms with van der Waals surface area (Å²) in [5.74, 6) is -1.49. The normalized spacial score (nSPS) is 10.8. The van der Waals surface area contributed by atoms with Crippen LogP contribution in [-0.4, -0.2) is 32.7 Å². The summed E-state index contributed by atoms with van der Waals surface area (Å²) in [6, 6.07) is 15.9. The summed E-state index contributed by atoms with van der Waals surface area (Å²) >= 11 is 0. The summed E-state index contributed by atoms with van der Waals surface area (Å²) in [4.78, 5) is 33.5. The molecule has 2 N–H and O–H groups in total. The van der Waals surface area contributed by atoms with Crippen LogP contribution in [0.15, 0.2) is 72.0 Å². The molecular formula is C20H16N4O5. The summed E-state index contributed by atoms with van der Waals surface area (Å²) in [5.41, 5.74) is 4.09. The number of carboxylic acids is 1. The molecule has 0 fully saturated rings. The highest BCUT2D eigenvalue weighted by atomic mass is 16.6. The lowest BCUT2D eigenvalue weighted by Gasteiger charge is -2.06. The lowest BCUT2D eigenvalue weighted by atomic mass is 10.1. The number of amides is 1. The Labute approximate surface area is 165 Å². The van der Waals surface area contributed by atoms with Gasteiger partial charge in [-0.05, 0) is 36.4 Å². The number of nitrogens with zero attached hydrogens (tertiary/aromatic N) is 3.